The summed E-state index contributed by atoms with van der Waals surface area (Å²) in [4.78, 5) is 15.1. The normalized spacial score (nSPS) is 17.3. The first-order valence-electron chi connectivity index (χ1n) is 9.07. The van der Waals surface area contributed by atoms with Crippen LogP contribution in [0.3, 0.4) is 0 Å². The Morgan fingerprint density at radius 1 is 1.12 bits per heavy atom. The SMILES string of the molecule is Cl.O=C(c1ccc(Cl)cc1)C1CCN(Cc2cccc3c2NCC3)CC1. The number of hydrogen-bond donors (Lipinski definition) is 1. The third kappa shape index (κ3) is 4.06. The molecule has 2 aliphatic rings. The quantitative estimate of drug-likeness (QED) is 0.759. The Labute approximate surface area is 166 Å². The first kappa shape index (κ1) is 19.2. The molecule has 26 heavy (non-hydrogen) atoms. The zero-order chi connectivity index (χ0) is 17.2. The third-order valence-electron chi connectivity index (χ3n) is 5.41. The highest BCUT2D eigenvalue weighted by Crippen LogP contribution is 2.29. The lowest BCUT2D eigenvalue weighted by molar-refractivity contribution is 0.0835. The van der Waals surface area contributed by atoms with Crippen molar-refractivity contribution >= 4 is 35.5 Å². The van der Waals surface area contributed by atoms with Gasteiger partial charge in [-0.25, -0.2) is 0 Å². The lowest BCUT2D eigenvalue weighted by atomic mass is 9.88. The van der Waals surface area contributed by atoms with Crippen LogP contribution < -0.4 is 5.32 Å². The summed E-state index contributed by atoms with van der Waals surface area (Å²) < 4.78 is 0. The summed E-state index contributed by atoms with van der Waals surface area (Å²) in [5.74, 6) is 0.399. The molecule has 0 saturated carbocycles. The van der Waals surface area contributed by atoms with Crippen molar-refractivity contribution < 1.29 is 4.79 Å². The molecule has 3 nitrogen and oxygen atoms in total. The second-order valence-electron chi connectivity index (χ2n) is 7.05. The van der Waals surface area contributed by atoms with Gasteiger partial charge in [0, 0.05) is 35.3 Å². The van der Waals surface area contributed by atoms with Crippen LogP contribution in [0.4, 0.5) is 5.69 Å². The van der Waals surface area contributed by atoms with Gasteiger partial charge in [-0.05, 0) is 67.7 Å². The largest absolute Gasteiger partial charge is 0.384 e. The van der Waals surface area contributed by atoms with Gasteiger partial charge >= 0.3 is 0 Å². The van der Waals surface area contributed by atoms with Gasteiger partial charge in [0.15, 0.2) is 5.78 Å². The highest BCUT2D eigenvalue weighted by molar-refractivity contribution is 6.30. The van der Waals surface area contributed by atoms with Crippen molar-refractivity contribution in [1.29, 1.82) is 0 Å². The van der Waals surface area contributed by atoms with Gasteiger partial charge in [0.25, 0.3) is 0 Å². The van der Waals surface area contributed by atoms with Crippen LogP contribution in [0.2, 0.25) is 5.02 Å². The maximum atomic E-state index is 12.7. The van der Waals surface area contributed by atoms with Crippen LogP contribution in [-0.4, -0.2) is 30.3 Å². The van der Waals surface area contributed by atoms with Crippen molar-refractivity contribution in [2.75, 3.05) is 25.0 Å². The number of Topliss-reactive ketones (excluding diaryl/α,β-unsaturated/α-hetero) is 1. The topological polar surface area (TPSA) is 32.3 Å². The van der Waals surface area contributed by atoms with E-state index in [1.807, 2.05) is 12.1 Å². The highest BCUT2D eigenvalue weighted by atomic mass is 35.5. The molecule has 0 amide bonds. The molecule has 138 valence electrons. The van der Waals surface area contributed by atoms with Gasteiger partial charge in [0.1, 0.15) is 0 Å². The first-order valence-corrected chi connectivity index (χ1v) is 9.45. The van der Waals surface area contributed by atoms with Crippen molar-refractivity contribution in [2.24, 2.45) is 5.92 Å². The number of anilines is 1. The Morgan fingerprint density at radius 2 is 1.85 bits per heavy atom. The van der Waals surface area contributed by atoms with Gasteiger partial charge in [-0.1, -0.05) is 29.8 Å². The number of fused-ring (bicyclic) bond motifs is 1. The van der Waals surface area contributed by atoms with E-state index in [0.717, 1.165) is 51.0 Å². The second-order valence-corrected chi connectivity index (χ2v) is 7.49. The minimum absolute atomic E-state index is 0. The zero-order valence-electron chi connectivity index (χ0n) is 14.7. The monoisotopic (exact) mass is 390 g/mol. The summed E-state index contributed by atoms with van der Waals surface area (Å²) in [6.45, 7) is 3.98. The molecular weight excluding hydrogens is 367 g/mol. The Kier molecular flexibility index (Phi) is 6.23. The van der Waals surface area contributed by atoms with E-state index in [0.29, 0.717) is 5.02 Å². The number of halogens is 2. The number of ketones is 1. The molecular formula is C21H24Cl2N2O. The van der Waals surface area contributed by atoms with Crippen LogP contribution in [-0.2, 0) is 13.0 Å². The number of likely N-dealkylation sites (tertiary alicyclic amines) is 1. The standard InChI is InChI=1S/C21H23ClN2O.ClH/c22-19-6-4-16(5-7-19)21(25)17-9-12-24(13-10-17)14-18-3-1-2-15-8-11-23-20(15)18;/h1-7,17,23H,8-14H2;1H. The predicted octanol–water partition coefficient (Wildman–Crippen LogP) is 4.82. The van der Waals surface area contributed by atoms with Crippen LogP contribution in [0.25, 0.3) is 0 Å². The van der Waals surface area contributed by atoms with Crippen molar-refractivity contribution in [3.05, 3.63) is 64.2 Å². The average molecular weight is 391 g/mol. The van der Waals surface area contributed by atoms with Gasteiger partial charge in [-0.15, -0.1) is 12.4 Å². The summed E-state index contributed by atoms with van der Waals surface area (Å²) in [5, 5.41) is 4.20. The number of hydrogen-bond acceptors (Lipinski definition) is 3. The van der Waals surface area contributed by atoms with Crippen molar-refractivity contribution in [1.82, 2.24) is 4.90 Å². The zero-order valence-corrected chi connectivity index (χ0v) is 16.3. The van der Waals surface area contributed by atoms with E-state index in [2.05, 4.69) is 28.4 Å². The van der Waals surface area contributed by atoms with Crippen LogP contribution in [0.15, 0.2) is 42.5 Å². The number of nitrogens with one attached hydrogen (secondary N) is 1. The number of piperidine rings is 1. The number of carbonyl (C=O) groups is 1. The summed E-state index contributed by atoms with van der Waals surface area (Å²) in [6, 6.07) is 13.9. The molecule has 0 radical (unpaired) electrons. The molecule has 0 bridgehead atoms. The summed E-state index contributed by atoms with van der Waals surface area (Å²) in [5.41, 5.74) is 4.94. The predicted molar refractivity (Wildman–Crippen MR) is 110 cm³/mol. The van der Waals surface area contributed by atoms with E-state index in [9.17, 15) is 4.79 Å². The average Bonchev–Trinajstić information content (AvgIpc) is 3.12. The highest BCUT2D eigenvalue weighted by Gasteiger charge is 2.26. The maximum absolute atomic E-state index is 12.7. The number of nitrogens with zero attached hydrogens (tertiary/aromatic N) is 1. The molecule has 2 aromatic carbocycles. The fraction of sp³-hybridized carbons (Fsp3) is 0.381. The molecule has 5 heteroatoms. The summed E-state index contributed by atoms with van der Waals surface area (Å²) in [6.07, 6.45) is 2.99. The van der Waals surface area contributed by atoms with Gasteiger partial charge < -0.3 is 5.32 Å². The number of rotatable bonds is 4. The lowest BCUT2D eigenvalue weighted by Gasteiger charge is -2.31. The Morgan fingerprint density at radius 3 is 2.58 bits per heavy atom. The van der Waals surface area contributed by atoms with Crippen molar-refractivity contribution in [3.63, 3.8) is 0 Å². The second kappa shape index (κ2) is 8.43. The van der Waals surface area contributed by atoms with Gasteiger partial charge in [0.2, 0.25) is 0 Å². The van der Waals surface area contributed by atoms with Crippen LogP contribution in [0, 0.1) is 5.92 Å². The van der Waals surface area contributed by atoms with Crippen LogP contribution >= 0.6 is 24.0 Å². The van der Waals surface area contributed by atoms with E-state index in [-0.39, 0.29) is 24.1 Å². The third-order valence-corrected chi connectivity index (χ3v) is 5.67. The minimum atomic E-state index is 0. The molecule has 2 aliphatic heterocycles. The number of para-hydroxylation sites is 1. The summed E-state index contributed by atoms with van der Waals surface area (Å²) in [7, 11) is 0. The minimum Gasteiger partial charge on any atom is -0.384 e. The van der Waals surface area contributed by atoms with E-state index in [1.165, 1.54) is 16.8 Å². The van der Waals surface area contributed by atoms with Crippen molar-refractivity contribution in [2.45, 2.75) is 25.8 Å². The summed E-state index contributed by atoms with van der Waals surface area (Å²) >= 11 is 5.92. The molecule has 0 atom stereocenters. The first-order chi connectivity index (χ1) is 12.2. The number of carbonyl (C=O) groups excluding carboxylic acids is 1. The van der Waals surface area contributed by atoms with Crippen LogP contribution in [0.5, 0.6) is 0 Å². The van der Waals surface area contributed by atoms with Crippen LogP contribution in [0.1, 0.15) is 34.3 Å². The molecule has 2 aromatic rings. The molecule has 2 heterocycles. The fourth-order valence-corrected chi connectivity index (χ4v) is 4.11. The smallest absolute Gasteiger partial charge is 0.166 e. The molecule has 1 fully saturated rings. The molecule has 0 aliphatic carbocycles. The maximum Gasteiger partial charge on any atom is 0.166 e. The van der Waals surface area contributed by atoms with E-state index >= 15 is 0 Å². The molecule has 0 spiro atoms. The van der Waals surface area contributed by atoms with Crippen molar-refractivity contribution in [3.8, 4) is 0 Å². The molecule has 4 rings (SSSR count). The van der Waals surface area contributed by atoms with E-state index < -0.39 is 0 Å². The lowest BCUT2D eigenvalue weighted by Crippen LogP contribution is -2.36. The molecule has 0 aromatic heterocycles. The fourth-order valence-electron chi connectivity index (χ4n) is 3.99. The van der Waals surface area contributed by atoms with E-state index in [1.54, 1.807) is 12.1 Å². The Balaban J connectivity index is 0.00000196. The Bertz CT molecular complexity index is 768. The van der Waals surface area contributed by atoms with Gasteiger partial charge in [-0.2, -0.15) is 0 Å². The number of benzene rings is 2. The van der Waals surface area contributed by atoms with Gasteiger partial charge in [-0.3, -0.25) is 9.69 Å². The van der Waals surface area contributed by atoms with Gasteiger partial charge in [0.05, 0.1) is 0 Å². The molecule has 1 saturated heterocycles. The Hall–Kier alpha value is -1.55. The molecule has 1 N–H and O–H groups in total. The van der Waals surface area contributed by atoms with E-state index in [4.69, 9.17) is 11.6 Å². The molecule has 0 unspecified atom stereocenters.